The van der Waals surface area contributed by atoms with Crippen LogP contribution in [-0.2, 0) is 19.1 Å². The van der Waals surface area contributed by atoms with E-state index in [1.165, 1.54) is 7.11 Å². The number of hydrogen-bond donors (Lipinski definition) is 2. The molecule has 7 heteroatoms. The number of benzene rings is 1. The number of para-hydroxylation sites is 1. The second-order valence-electron chi connectivity index (χ2n) is 5.64. The molecule has 2 N–H and O–H groups in total. The van der Waals surface area contributed by atoms with E-state index in [1.54, 1.807) is 24.3 Å². The summed E-state index contributed by atoms with van der Waals surface area (Å²) in [4.78, 5) is 35.4. The molecular weight excluding hydrogens is 312 g/mol. The monoisotopic (exact) mass is 334 g/mol. The molecule has 0 aliphatic heterocycles. The van der Waals surface area contributed by atoms with Crippen LogP contribution in [0.25, 0.3) is 0 Å². The minimum atomic E-state index is -0.625. The van der Waals surface area contributed by atoms with Gasteiger partial charge in [0.15, 0.2) is 6.61 Å². The number of amides is 2. The molecule has 2 amide bonds. The van der Waals surface area contributed by atoms with Gasteiger partial charge in [-0.1, -0.05) is 25.0 Å². The van der Waals surface area contributed by atoms with Gasteiger partial charge in [0, 0.05) is 13.2 Å². The maximum Gasteiger partial charge on any atom is 0.332 e. The van der Waals surface area contributed by atoms with Gasteiger partial charge in [-0.3, -0.25) is 9.59 Å². The summed E-state index contributed by atoms with van der Waals surface area (Å²) in [6.45, 7) is -0.644. The number of carbonyl (C=O) groups excluding carboxylic acids is 3. The fraction of sp³-hybridized carbons (Fsp3) is 0.471. The smallest absolute Gasteiger partial charge is 0.332 e. The van der Waals surface area contributed by atoms with Gasteiger partial charge in [0.25, 0.3) is 11.8 Å². The molecule has 2 rings (SSSR count). The molecule has 1 fully saturated rings. The van der Waals surface area contributed by atoms with Gasteiger partial charge in [-0.15, -0.1) is 0 Å². The van der Waals surface area contributed by atoms with E-state index < -0.39 is 18.5 Å². The molecule has 0 spiro atoms. The van der Waals surface area contributed by atoms with Gasteiger partial charge in [-0.25, -0.2) is 4.79 Å². The standard InChI is InChI=1S/C17H22N2O5/c1-23-11-16(21)24-10-15(20)19-14-9-5-4-8-13(14)17(22)18-12-6-2-3-7-12/h4-5,8-9,12H,2-3,6-7,10-11H2,1H3,(H,18,22)(H,19,20). The number of hydrogen-bond acceptors (Lipinski definition) is 5. The first-order valence-electron chi connectivity index (χ1n) is 7.94. The Labute approximate surface area is 140 Å². The van der Waals surface area contributed by atoms with Gasteiger partial charge in [-0.05, 0) is 25.0 Å². The Kier molecular flexibility index (Phi) is 6.74. The second-order valence-corrected chi connectivity index (χ2v) is 5.64. The van der Waals surface area contributed by atoms with Crippen LogP contribution in [0.2, 0.25) is 0 Å². The average Bonchev–Trinajstić information content (AvgIpc) is 3.06. The average molecular weight is 334 g/mol. The van der Waals surface area contributed by atoms with Crippen molar-refractivity contribution in [3.63, 3.8) is 0 Å². The Bertz CT molecular complexity index is 596. The zero-order valence-electron chi connectivity index (χ0n) is 13.7. The Morgan fingerprint density at radius 3 is 2.54 bits per heavy atom. The highest BCUT2D eigenvalue weighted by molar-refractivity contribution is 6.04. The number of carbonyl (C=O) groups is 3. The zero-order chi connectivity index (χ0) is 17.4. The molecule has 0 unspecified atom stereocenters. The highest BCUT2D eigenvalue weighted by atomic mass is 16.6. The first kappa shape index (κ1) is 17.9. The van der Waals surface area contributed by atoms with Gasteiger partial charge in [0.1, 0.15) is 6.61 Å². The molecule has 1 aromatic carbocycles. The summed E-state index contributed by atoms with van der Waals surface area (Å²) < 4.78 is 9.36. The molecule has 0 atom stereocenters. The Morgan fingerprint density at radius 1 is 1.12 bits per heavy atom. The lowest BCUT2D eigenvalue weighted by molar-refractivity contribution is -0.150. The molecule has 24 heavy (non-hydrogen) atoms. The molecule has 130 valence electrons. The lowest BCUT2D eigenvalue weighted by Gasteiger charge is -2.15. The molecule has 1 aliphatic rings. The highest BCUT2D eigenvalue weighted by Gasteiger charge is 2.20. The van der Waals surface area contributed by atoms with Gasteiger partial charge < -0.3 is 20.1 Å². The predicted octanol–water partition coefficient (Wildman–Crippen LogP) is 1.49. The van der Waals surface area contributed by atoms with Crippen LogP contribution >= 0.6 is 0 Å². The van der Waals surface area contributed by atoms with Crippen LogP contribution in [0.1, 0.15) is 36.0 Å². The molecule has 0 aromatic heterocycles. The van der Waals surface area contributed by atoms with Crippen LogP contribution in [-0.4, -0.2) is 44.1 Å². The van der Waals surface area contributed by atoms with Crippen molar-refractivity contribution in [3.8, 4) is 0 Å². The van der Waals surface area contributed by atoms with Crippen molar-refractivity contribution in [2.45, 2.75) is 31.7 Å². The Morgan fingerprint density at radius 2 is 1.83 bits per heavy atom. The second kappa shape index (κ2) is 9.02. The molecule has 1 saturated carbocycles. The van der Waals surface area contributed by atoms with Crippen molar-refractivity contribution in [1.29, 1.82) is 0 Å². The Hall–Kier alpha value is -2.41. The highest BCUT2D eigenvalue weighted by Crippen LogP contribution is 2.20. The summed E-state index contributed by atoms with van der Waals surface area (Å²) in [5.74, 6) is -1.35. The van der Waals surface area contributed by atoms with Crippen LogP contribution in [0.3, 0.4) is 0 Å². The minimum Gasteiger partial charge on any atom is -0.454 e. The van der Waals surface area contributed by atoms with Crippen molar-refractivity contribution < 1.29 is 23.9 Å². The van der Waals surface area contributed by atoms with E-state index in [0.717, 1.165) is 25.7 Å². The summed E-state index contributed by atoms with van der Waals surface area (Å²) in [5, 5.41) is 5.58. The van der Waals surface area contributed by atoms with Gasteiger partial charge in [-0.2, -0.15) is 0 Å². The largest absolute Gasteiger partial charge is 0.454 e. The van der Waals surface area contributed by atoms with Crippen molar-refractivity contribution in [2.75, 3.05) is 25.6 Å². The van der Waals surface area contributed by atoms with E-state index in [-0.39, 0.29) is 18.6 Å². The normalized spacial score (nSPS) is 14.2. The third kappa shape index (κ3) is 5.34. The third-order valence-corrected chi connectivity index (χ3v) is 3.76. The predicted molar refractivity (Wildman–Crippen MR) is 87.6 cm³/mol. The zero-order valence-corrected chi connectivity index (χ0v) is 13.7. The lowest BCUT2D eigenvalue weighted by atomic mass is 10.1. The van der Waals surface area contributed by atoms with E-state index in [4.69, 9.17) is 4.74 Å². The minimum absolute atomic E-state index is 0.191. The summed E-state index contributed by atoms with van der Waals surface area (Å²) in [6, 6.07) is 6.93. The van der Waals surface area contributed by atoms with E-state index in [1.807, 2.05) is 0 Å². The maximum absolute atomic E-state index is 12.4. The molecule has 0 bridgehead atoms. The number of rotatable bonds is 7. The quantitative estimate of drug-likeness (QED) is 0.737. The molecule has 0 radical (unpaired) electrons. The number of esters is 1. The lowest BCUT2D eigenvalue weighted by Crippen LogP contribution is -2.33. The number of ether oxygens (including phenoxy) is 2. The van der Waals surface area contributed by atoms with Crippen molar-refractivity contribution in [1.82, 2.24) is 5.32 Å². The fourth-order valence-electron chi connectivity index (χ4n) is 2.62. The van der Waals surface area contributed by atoms with Crippen molar-refractivity contribution in [2.24, 2.45) is 0 Å². The van der Waals surface area contributed by atoms with Gasteiger partial charge in [0.05, 0.1) is 11.3 Å². The van der Waals surface area contributed by atoms with Gasteiger partial charge in [0.2, 0.25) is 0 Å². The Balaban J connectivity index is 1.93. The van der Waals surface area contributed by atoms with Crippen LogP contribution in [0.4, 0.5) is 5.69 Å². The summed E-state index contributed by atoms with van der Waals surface area (Å²) >= 11 is 0. The first-order chi connectivity index (χ1) is 11.6. The number of anilines is 1. The van der Waals surface area contributed by atoms with E-state index >= 15 is 0 Å². The SMILES string of the molecule is COCC(=O)OCC(=O)Nc1ccccc1C(=O)NC1CCCC1. The fourth-order valence-corrected chi connectivity index (χ4v) is 2.62. The molecule has 1 aromatic rings. The summed E-state index contributed by atoms with van der Waals surface area (Å²) in [7, 11) is 1.36. The molecular formula is C17H22N2O5. The number of nitrogens with one attached hydrogen (secondary N) is 2. The van der Waals surface area contributed by atoms with Gasteiger partial charge >= 0.3 is 5.97 Å². The molecule has 7 nitrogen and oxygen atoms in total. The molecule has 0 heterocycles. The van der Waals surface area contributed by atoms with Crippen LogP contribution in [0, 0.1) is 0 Å². The maximum atomic E-state index is 12.4. The van der Waals surface area contributed by atoms with E-state index in [2.05, 4.69) is 15.4 Å². The van der Waals surface area contributed by atoms with Crippen LogP contribution in [0.5, 0.6) is 0 Å². The third-order valence-electron chi connectivity index (χ3n) is 3.76. The number of methoxy groups -OCH3 is 1. The molecule has 0 saturated heterocycles. The topological polar surface area (TPSA) is 93.7 Å². The molecule has 1 aliphatic carbocycles. The summed E-state index contributed by atoms with van der Waals surface area (Å²) in [6.07, 6.45) is 4.21. The van der Waals surface area contributed by atoms with Crippen molar-refractivity contribution >= 4 is 23.5 Å². The first-order valence-corrected chi connectivity index (χ1v) is 7.94. The van der Waals surface area contributed by atoms with Crippen LogP contribution in [0.15, 0.2) is 24.3 Å². The summed E-state index contributed by atoms with van der Waals surface area (Å²) in [5.41, 5.74) is 0.779. The van der Waals surface area contributed by atoms with Crippen molar-refractivity contribution in [3.05, 3.63) is 29.8 Å². The van der Waals surface area contributed by atoms with E-state index in [9.17, 15) is 14.4 Å². The van der Waals surface area contributed by atoms with Crippen LogP contribution < -0.4 is 10.6 Å². The van der Waals surface area contributed by atoms with E-state index in [0.29, 0.717) is 11.3 Å².